The van der Waals surface area contributed by atoms with Crippen LogP contribution in [0.2, 0.25) is 0 Å². The number of ether oxygens (including phenoxy) is 1. The van der Waals surface area contributed by atoms with Gasteiger partial charge in [0, 0.05) is 17.7 Å². The number of nitrogens with one attached hydrogen (secondary N) is 1. The predicted molar refractivity (Wildman–Crippen MR) is 80.9 cm³/mol. The Morgan fingerprint density at radius 2 is 2.00 bits per heavy atom. The maximum absolute atomic E-state index is 13.0. The molecule has 1 fully saturated rings. The lowest BCUT2D eigenvalue weighted by Gasteiger charge is -2.38. The Morgan fingerprint density at radius 3 is 2.45 bits per heavy atom. The molecule has 0 aromatic rings. The molecular weight excluding hydrogens is 284 g/mol. The fourth-order valence-corrected chi connectivity index (χ4v) is 2.81. The minimum Gasteiger partial charge on any atom is -0.464 e. The number of carbonyl (C=O) groups is 3. The molecule has 0 spiro atoms. The average molecular weight is 308 g/mol. The van der Waals surface area contributed by atoms with E-state index in [1.807, 2.05) is 20.8 Å². The fraction of sp³-hybridized carbons (Fsp3) is 0.688. The third-order valence-corrected chi connectivity index (χ3v) is 3.81. The van der Waals surface area contributed by atoms with Gasteiger partial charge in [0.2, 0.25) is 11.4 Å². The van der Waals surface area contributed by atoms with Crippen molar-refractivity contribution < 1.29 is 19.1 Å². The molecule has 1 heterocycles. The van der Waals surface area contributed by atoms with Gasteiger partial charge in [-0.2, -0.15) is 0 Å². The van der Waals surface area contributed by atoms with E-state index in [0.29, 0.717) is 5.57 Å². The fourth-order valence-electron chi connectivity index (χ4n) is 2.81. The number of hydrogen-bond donors (Lipinski definition) is 1. The summed E-state index contributed by atoms with van der Waals surface area (Å²) in [5.41, 5.74) is -1.76. The summed E-state index contributed by atoms with van der Waals surface area (Å²) in [6, 6.07) is -0.0728. The smallest absolute Gasteiger partial charge is 0.346 e. The monoisotopic (exact) mass is 308 g/mol. The Morgan fingerprint density at radius 1 is 1.41 bits per heavy atom. The molecule has 2 aliphatic rings. The first-order chi connectivity index (χ1) is 10.1. The summed E-state index contributed by atoms with van der Waals surface area (Å²) in [6.07, 6.45) is 2.98. The average Bonchev–Trinajstić information content (AvgIpc) is 3.13. The first-order valence-corrected chi connectivity index (χ1v) is 7.66. The van der Waals surface area contributed by atoms with Crippen LogP contribution in [0, 0.1) is 0 Å². The highest BCUT2D eigenvalue weighted by Crippen LogP contribution is 2.42. The summed E-state index contributed by atoms with van der Waals surface area (Å²) in [5.74, 6) is -1.47. The van der Waals surface area contributed by atoms with Crippen molar-refractivity contribution in [3.63, 3.8) is 0 Å². The van der Waals surface area contributed by atoms with Gasteiger partial charge in [-0.1, -0.05) is 0 Å². The summed E-state index contributed by atoms with van der Waals surface area (Å²) < 4.78 is 5.16. The Hall–Kier alpha value is -1.85. The molecule has 22 heavy (non-hydrogen) atoms. The van der Waals surface area contributed by atoms with E-state index < -0.39 is 23.0 Å². The first kappa shape index (κ1) is 16.5. The van der Waals surface area contributed by atoms with Gasteiger partial charge in [0.25, 0.3) is 5.91 Å². The molecule has 0 saturated heterocycles. The Bertz CT molecular complexity index is 543. The molecule has 6 heteroatoms. The minimum atomic E-state index is -1.67. The summed E-state index contributed by atoms with van der Waals surface area (Å²) in [4.78, 5) is 39.4. The van der Waals surface area contributed by atoms with Gasteiger partial charge >= 0.3 is 5.97 Å². The summed E-state index contributed by atoms with van der Waals surface area (Å²) in [7, 11) is 0. The van der Waals surface area contributed by atoms with Crippen molar-refractivity contribution in [1.82, 2.24) is 10.2 Å². The highest BCUT2D eigenvalue weighted by Gasteiger charge is 2.62. The lowest BCUT2D eigenvalue weighted by atomic mass is 9.88. The standard InChI is InChI=1S/C16H24N2O4/c1-6-22-14(21)16(13(20)17-15(3,4)5)10(2)9-12(19)18(16)11-7-8-11/h9,11H,6-8H2,1-5H3,(H,17,20). The van der Waals surface area contributed by atoms with Crippen molar-refractivity contribution >= 4 is 17.8 Å². The molecule has 1 aliphatic carbocycles. The molecule has 0 radical (unpaired) electrons. The maximum Gasteiger partial charge on any atom is 0.346 e. The van der Waals surface area contributed by atoms with E-state index in [-0.39, 0.29) is 18.6 Å². The topological polar surface area (TPSA) is 75.7 Å². The van der Waals surface area contributed by atoms with E-state index >= 15 is 0 Å². The number of esters is 1. The van der Waals surface area contributed by atoms with E-state index in [9.17, 15) is 14.4 Å². The molecular formula is C16H24N2O4. The number of hydrogen-bond acceptors (Lipinski definition) is 4. The van der Waals surface area contributed by atoms with Gasteiger partial charge in [-0.25, -0.2) is 4.79 Å². The van der Waals surface area contributed by atoms with Crippen LogP contribution in [0.4, 0.5) is 0 Å². The number of nitrogens with zero attached hydrogens (tertiary/aromatic N) is 1. The van der Waals surface area contributed by atoms with Crippen LogP contribution in [-0.2, 0) is 19.1 Å². The molecule has 2 rings (SSSR count). The number of carbonyl (C=O) groups excluding carboxylic acids is 3. The van der Waals surface area contributed by atoms with Crippen LogP contribution in [0.5, 0.6) is 0 Å². The van der Waals surface area contributed by atoms with Crippen molar-refractivity contribution in [3.8, 4) is 0 Å². The summed E-state index contributed by atoms with van der Waals surface area (Å²) in [5, 5.41) is 2.83. The van der Waals surface area contributed by atoms with Gasteiger partial charge in [0.15, 0.2) is 0 Å². The highest BCUT2D eigenvalue weighted by molar-refractivity contribution is 6.18. The molecule has 1 unspecified atom stereocenters. The van der Waals surface area contributed by atoms with E-state index in [4.69, 9.17) is 4.74 Å². The van der Waals surface area contributed by atoms with Crippen molar-refractivity contribution in [2.75, 3.05) is 6.61 Å². The second kappa shape index (κ2) is 5.41. The molecule has 1 saturated carbocycles. The SMILES string of the molecule is CCOC(=O)C1(C(=O)NC(C)(C)C)C(C)=CC(=O)N1C1CC1. The zero-order valence-electron chi connectivity index (χ0n) is 13.9. The molecule has 0 bridgehead atoms. The molecule has 1 atom stereocenters. The zero-order valence-corrected chi connectivity index (χ0v) is 13.9. The lowest BCUT2D eigenvalue weighted by Crippen LogP contribution is -2.66. The molecule has 2 amide bonds. The van der Waals surface area contributed by atoms with E-state index in [1.165, 1.54) is 11.0 Å². The highest BCUT2D eigenvalue weighted by atomic mass is 16.5. The third-order valence-electron chi connectivity index (χ3n) is 3.81. The normalized spacial score (nSPS) is 25.0. The van der Waals surface area contributed by atoms with Gasteiger partial charge < -0.3 is 15.0 Å². The van der Waals surface area contributed by atoms with E-state index in [1.54, 1.807) is 13.8 Å². The van der Waals surface area contributed by atoms with Crippen LogP contribution < -0.4 is 5.32 Å². The summed E-state index contributed by atoms with van der Waals surface area (Å²) >= 11 is 0. The molecule has 122 valence electrons. The molecule has 1 N–H and O–H groups in total. The van der Waals surface area contributed by atoms with Crippen molar-refractivity contribution in [3.05, 3.63) is 11.6 Å². The van der Waals surface area contributed by atoms with Crippen molar-refractivity contribution in [2.24, 2.45) is 0 Å². The van der Waals surface area contributed by atoms with Crippen LogP contribution in [0.1, 0.15) is 47.5 Å². The van der Waals surface area contributed by atoms with Crippen LogP contribution in [0.3, 0.4) is 0 Å². The molecule has 0 aromatic heterocycles. The van der Waals surface area contributed by atoms with Gasteiger partial charge in [-0.3, -0.25) is 9.59 Å². The number of amides is 2. The second-order valence-corrected chi connectivity index (χ2v) is 6.90. The summed E-state index contributed by atoms with van der Waals surface area (Å²) in [6.45, 7) is 8.98. The number of rotatable bonds is 4. The molecule has 0 aromatic carbocycles. The van der Waals surface area contributed by atoms with Crippen LogP contribution in [0.15, 0.2) is 11.6 Å². The lowest BCUT2D eigenvalue weighted by molar-refractivity contribution is -0.164. The van der Waals surface area contributed by atoms with Crippen LogP contribution >= 0.6 is 0 Å². The van der Waals surface area contributed by atoms with Crippen molar-refractivity contribution in [2.45, 2.75) is 64.6 Å². The predicted octanol–water partition coefficient (Wildman–Crippen LogP) is 1.15. The first-order valence-electron chi connectivity index (χ1n) is 7.66. The van der Waals surface area contributed by atoms with Gasteiger partial charge in [-0.15, -0.1) is 0 Å². The Labute approximate surface area is 130 Å². The van der Waals surface area contributed by atoms with Gasteiger partial charge in [-0.05, 0) is 53.0 Å². The van der Waals surface area contributed by atoms with Gasteiger partial charge in [0.1, 0.15) is 0 Å². The molecule has 1 aliphatic heterocycles. The maximum atomic E-state index is 13.0. The van der Waals surface area contributed by atoms with Crippen LogP contribution in [-0.4, -0.2) is 46.4 Å². The van der Waals surface area contributed by atoms with Crippen LogP contribution in [0.25, 0.3) is 0 Å². The van der Waals surface area contributed by atoms with E-state index in [0.717, 1.165) is 12.8 Å². The quantitative estimate of drug-likeness (QED) is 0.624. The third kappa shape index (κ3) is 2.62. The second-order valence-electron chi connectivity index (χ2n) is 6.90. The molecule has 6 nitrogen and oxygen atoms in total. The largest absolute Gasteiger partial charge is 0.464 e. The van der Waals surface area contributed by atoms with Crippen molar-refractivity contribution in [1.29, 1.82) is 0 Å². The van der Waals surface area contributed by atoms with Gasteiger partial charge in [0.05, 0.1) is 6.61 Å². The minimum absolute atomic E-state index is 0.0728. The Balaban J connectivity index is 2.49. The van der Waals surface area contributed by atoms with E-state index in [2.05, 4.69) is 5.32 Å². The zero-order chi connectivity index (χ0) is 16.7. The Kier molecular flexibility index (Phi) is 4.06.